The van der Waals surface area contributed by atoms with Crippen LogP contribution < -0.4 is 10.4 Å². The molecule has 0 radical (unpaired) electrons. The van der Waals surface area contributed by atoms with E-state index in [1.807, 2.05) is 24.3 Å². The molecule has 0 spiro atoms. The van der Waals surface area contributed by atoms with E-state index in [0.717, 1.165) is 11.0 Å². The number of para-hydroxylation sites is 2. The minimum absolute atomic E-state index is 0.361. The number of aromatic nitrogens is 6. The lowest BCUT2D eigenvalue weighted by Crippen LogP contribution is -2.28. The minimum Gasteiger partial charge on any atom is -0.493 e. The molecule has 6 rings (SSSR count). The molecular weight excluding hydrogens is 387 g/mol. The molecule has 1 aliphatic rings. The standard InChI is InChI=1S/C21H15FN6O2/c22-12-4-3-7-17-18(12)16(8-9-30-17)28-19-14(25-21(28)29)10-23-20(26-19)27-11-24-13-5-1-2-6-15(13)27/h1-7,10-11,16H,8-9H2,(H,25,29)/t16-/m0/s1. The topological polar surface area (TPSA) is 90.6 Å². The summed E-state index contributed by atoms with van der Waals surface area (Å²) in [6.07, 6.45) is 3.66. The number of H-pyrrole nitrogens is 1. The minimum atomic E-state index is -0.529. The fraction of sp³-hybridized carbons (Fsp3) is 0.143. The quantitative estimate of drug-likeness (QED) is 0.490. The Kier molecular flexibility index (Phi) is 3.52. The molecule has 0 unspecified atom stereocenters. The van der Waals surface area contributed by atoms with Crippen molar-refractivity contribution in [1.29, 1.82) is 0 Å². The van der Waals surface area contributed by atoms with Crippen molar-refractivity contribution in [3.05, 3.63) is 76.9 Å². The van der Waals surface area contributed by atoms with Crippen molar-refractivity contribution in [3.63, 3.8) is 0 Å². The van der Waals surface area contributed by atoms with Gasteiger partial charge in [-0.25, -0.2) is 19.2 Å². The van der Waals surface area contributed by atoms with E-state index in [1.54, 1.807) is 29.2 Å². The molecule has 2 aromatic carbocycles. The Morgan fingerprint density at radius 2 is 2.03 bits per heavy atom. The van der Waals surface area contributed by atoms with E-state index in [-0.39, 0.29) is 5.69 Å². The van der Waals surface area contributed by atoms with Crippen LogP contribution in [0.25, 0.3) is 28.1 Å². The summed E-state index contributed by atoms with van der Waals surface area (Å²) in [5, 5.41) is 0. The lowest BCUT2D eigenvalue weighted by atomic mass is 9.99. The number of hydrogen-bond acceptors (Lipinski definition) is 5. The summed E-state index contributed by atoms with van der Waals surface area (Å²) >= 11 is 0. The molecule has 8 nitrogen and oxygen atoms in total. The number of imidazole rings is 2. The Bertz CT molecular complexity index is 1480. The average molecular weight is 402 g/mol. The Morgan fingerprint density at radius 3 is 2.97 bits per heavy atom. The maximum Gasteiger partial charge on any atom is 0.328 e. The van der Waals surface area contributed by atoms with Gasteiger partial charge in [0.05, 0.1) is 35.4 Å². The number of benzene rings is 2. The van der Waals surface area contributed by atoms with Crippen molar-refractivity contribution in [3.8, 4) is 11.7 Å². The van der Waals surface area contributed by atoms with Crippen LogP contribution in [0.2, 0.25) is 0 Å². The zero-order valence-electron chi connectivity index (χ0n) is 15.6. The number of halogens is 1. The SMILES string of the molecule is O=c1[nH]c2cnc(-n3cnc4ccccc43)nc2n1[C@H]1CCOc2cccc(F)c21. The normalized spacial score (nSPS) is 16.0. The molecule has 0 aliphatic carbocycles. The van der Waals surface area contributed by atoms with Gasteiger partial charge in [0.25, 0.3) is 0 Å². The molecule has 30 heavy (non-hydrogen) atoms. The lowest BCUT2D eigenvalue weighted by molar-refractivity contribution is 0.251. The predicted molar refractivity (Wildman–Crippen MR) is 107 cm³/mol. The van der Waals surface area contributed by atoms with Crippen LogP contribution in [0, 0.1) is 5.82 Å². The highest BCUT2D eigenvalue weighted by atomic mass is 19.1. The van der Waals surface area contributed by atoms with E-state index in [9.17, 15) is 9.18 Å². The van der Waals surface area contributed by atoms with Gasteiger partial charge in [-0.15, -0.1) is 0 Å². The van der Waals surface area contributed by atoms with Gasteiger partial charge in [0.15, 0.2) is 5.65 Å². The first-order valence-corrected chi connectivity index (χ1v) is 9.51. The van der Waals surface area contributed by atoms with Gasteiger partial charge < -0.3 is 9.72 Å². The van der Waals surface area contributed by atoms with Crippen LogP contribution in [-0.2, 0) is 0 Å². The molecule has 3 aromatic heterocycles. The molecule has 0 amide bonds. The average Bonchev–Trinajstić information content (AvgIpc) is 3.33. The molecule has 0 saturated heterocycles. The first kappa shape index (κ1) is 16.9. The molecule has 0 saturated carbocycles. The number of aromatic amines is 1. The summed E-state index contributed by atoms with van der Waals surface area (Å²) < 4.78 is 23.5. The smallest absolute Gasteiger partial charge is 0.328 e. The third-order valence-electron chi connectivity index (χ3n) is 5.42. The van der Waals surface area contributed by atoms with E-state index in [0.29, 0.717) is 41.5 Å². The molecule has 148 valence electrons. The first-order valence-electron chi connectivity index (χ1n) is 9.51. The highest BCUT2D eigenvalue weighted by molar-refractivity contribution is 5.77. The second-order valence-corrected chi connectivity index (χ2v) is 7.12. The highest BCUT2D eigenvalue weighted by Crippen LogP contribution is 2.36. The number of ether oxygens (including phenoxy) is 1. The van der Waals surface area contributed by atoms with Crippen LogP contribution >= 0.6 is 0 Å². The van der Waals surface area contributed by atoms with E-state index in [4.69, 9.17) is 4.74 Å². The number of hydrogen-bond donors (Lipinski definition) is 1. The van der Waals surface area contributed by atoms with Crippen molar-refractivity contribution in [2.24, 2.45) is 0 Å². The molecule has 4 heterocycles. The fourth-order valence-corrected chi connectivity index (χ4v) is 4.08. The molecule has 0 bridgehead atoms. The monoisotopic (exact) mass is 402 g/mol. The van der Waals surface area contributed by atoms with Crippen molar-refractivity contribution in [2.75, 3.05) is 6.61 Å². The van der Waals surface area contributed by atoms with Crippen molar-refractivity contribution >= 4 is 22.2 Å². The molecule has 9 heteroatoms. The summed E-state index contributed by atoms with van der Waals surface area (Å²) in [4.78, 5) is 29.0. The van der Waals surface area contributed by atoms with E-state index < -0.39 is 11.9 Å². The third-order valence-corrected chi connectivity index (χ3v) is 5.42. The Hall–Kier alpha value is -4.01. The predicted octanol–water partition coefficient (Wildman–Crippen LogP) is 2.97. The summed E-state index contributed by atoms with van der Waals surface area (Å²) in [7, 11) is 0. The number of rotatable bonds is 2. The lowest BCUT2D eigenvalue weighted by Gasteiger charge is -2.26. The second-order valence-electron chi connectivity index (χ2n) is 7.12. The van der Waals surface area contributed by atoms with E-state index in [1.165, 1.54) is 10.6 Å². The zero-order valence-corrected chi connectivity index (χ0v) is 15.6. The second kappa shape index (κ2) is 6.24. The van der Waals surface area contributed by atoms with E-state index in [2.05, 4.69) is 19.9 Å². The van der Waals surface area contributed by atoms with Crippen LogP contribution in [0.4, 0.5) is 4.39 Å². The molecule has 1 aliphatic heterocycles. The zero-order chi connectivity index (χ0) is 20.2. The summed E-state index contributed by atoms with van der Waals surface area (Å²) in [6.45, 7) is 0.379. The maximum atomic E-state index is 14.7. The number of fused-ring (bicyclic) bond motifs is 3. The summed E-state index contributed by atoms with van der Waals surface area (Å²) in [5.74, 6) is 0.417. The van der Waals surface area contributed by atoms with Crippen molar-refractivity contribution in [1.82, 2.24) is 29.1 Å². The summed E-state index contributed by atoms with van der Waals surface area (Å²) in [5.41, 5.74) is 2.55. The molecule has 1 N–H and O–H groups in total. The van der Waals surface area contributed by atoms with Gasteiger partial charge in [-0.3, -0.25) is 9.13 Å². The van der Waals surface area contributed by atoms with Gasteiger partial charge in [0, 0.05) is 6.42 Å². The number of nitrogens with zero attached hydrogens (tertiary/aromatic N) is 5. The van der Waals surface area contributed by atoms with E-state index >= 15 is 0 Å². The van der Waals surface area contributed by atoms with Gasteiger partial charge in [-0.1, -0.05) is 18.2 Å². The van der Waals surface area contributed by atoms with Gasteiger partial charge in [0.1, 0.15) is 23.4 Å². The Labute approximate surface area is 168 Å². The van der Waals surface area contributed by atoms with Gasteiger partial charge in [-0.05, 0) is 24.3 Å². The third kappa shape index (κ3) is 2.38. The van der Waals surface area contributed by atoms with Crippen LogP contribution in [0.3, 0.4) is 0 Å². The van der Waals surface area contributed by atoms with Crippen LogP contribution in [0.5, 0.6) is 5.75 Å². The largest absolute Gasteiger partial charge is 0.493 e. The molecular formula is C21H15FN6O2. The fourth-order valence-electron chi connectivity index (χ4n) is 4.08. The van der Waals surface area contributed by atoms with Crippen LogP contribution in [0.15, 0.2) is 59.8 Å². The van der Waals surface area contributed by atoms with Crippen molar-refractivity contribution in [2.45, 2.75) is 12.5 Å². The summed E-state index contributed by atoms with van der Waals surface area (Å²) in [6, 6.07) is 11.8. The van der Waals surface area contributed by atoms with Crippen LogP contribution in [0.1, 0.15) is 18.0 Å². The first-order chi connectivity index (χ1) is 14.7. The van der Waals surface area contributed by atoms with Crippen molar-refractivity contribution < 1.29 is 9.13 Å². The maximum absolute atomic E-state index is 14.7. The molecule has 1 atom stereocenters. The van der Waals surface area contributed by atoms with Gasteiger partial charge >= 0.3 is 5.69 Å². The van der Waals surface area contributed by atoms with Gasteiger partial charge in [0.2, 0.25) is 5.95 Å². The van der Waals surface area contributed by atoms with Gasteiger partial charge in [-0.2, -0.15) is 4.98 Å². The molecule has 0 fully saturated rings. The van der Waals surface area contributed by atoms with Crippen LogP contribution in [-0.4, -0.2) is 35.7 Å². The number of nitrogens with one attached hydrogen (secondary N) is 1. The molecule has 5 aromatic rings. The highest BCUT2D eigenvalue weighted by Gasteiger charge is 2.29. The Morgan fingerprint density at radius 1 is 1.13 bits per heavy atom. The Balaban J connectivity index is 1.58.